The molecule has 0 aliphatic carbocycles. The standard InChI is InChI=1S/C10H13BrN2O4S/c1-7(2-3-10(14)15)13-18(16,17)9-4-8(11)5-12-6-9/h4-7,13H,2-3H2,1H3,(H,14,15). The van der Waals surface area contributed by atoms with Crippen LogP contribution in [0.5, 0.6) is 0 Å². The molecule has 100 valence electrons. The molecule has 0 fully saturated rings. The molecule has 0 bridgehead atoms. The Bertz CT molecular complexity index is 532. The summed E-state index contributed by atoms with van der Waals surface area (Å²) in [6.07, 6.45) is 2.86. The Morgan fingerprint density at radius 3 is 2.78 bits per heavy atom. The molecule has 1 heterocycles. The molecular weight excluding hydrogens is 324 g/mol. The highest BCUT2D eigenvalue weighted by Gasteiger charge is 2.18. The maximum Gasteiger partial charge on any atom is 0.303 e. The number of pyridine rings is 1. The minimum absolute atomic E-state index is 0.0408. The van der Waals surface area contributed by atoms with E-state index < -0.39 is 22.0 Å². The summed E-state index contributed by atoms with van der Waals surface area (Å²) in [5.41, 5.74) is 0. The molecule has 1 unspecified atom stereocenters. The first-order valence-electron chi connectivity index (χ1n) is 5.16. The summed E-state index contributed by atoms with van der Waals surface area (Å²) in [7, 11) is -3.67. The van der Waals surface area contributed by atoms with Crippen LogP contribution in [-0.4, -0.2) is 30.5 Å². The van der Waals surface area contributed by atoms with Crippen LogP contribution in [0, 0.1) is 0 Å². The Kier molecular flexibility index (Phi) is 5.24. The van der Waals surface area contributed by atoms with Gasteiger partial charge < -0.3 is 5.11 Å². The summed E-state index contributed by atoms with van der Waals surface area (Å²) in [6, 6.07) is 0.976. The molecule has 0 aliphatic rings. The van der Waals surface area contributed by atoms with Gasteiger partial charge in [-0.15, -0.1) is 0 Å². The van der Waals surface area contributed by atoms with Gasteiger partial charge in [0.15, 0.2) is 0 Å². The van der Waals surface area contributed by atoms with Gasteiger partial charge >= 0.3 is 5.97 Å². The lowest BCUT2D eigenvalue weighted by atomic mass is 10.2. The van der Waals surface area contributed by atoms with Crippen LogP contribution in [-0.2, 0) is 14.8 Å². The second-order valence-corrected chi connectivity index (χ2v) is 6.42. The Hall–Kier alpha value is -0.990. The molecule has 18 heavy (non-hydrogen) atoms. The molecule has 1 rings (SSSR count). The number of carbonyl (C=O) groups is 1. The van der Waals surface area contributed by atoms with Gasteiger partial charge in [0.05, 0.1) is 0 Å². The first-order chi connectivity index (χ1) is 8.31. The number of aromatic nitrogens is 1. The molecule has 0 aliphatic heterocycles. The van der Waals surface area contributed by atoms with Gasteiger partial charge in [-0.2, -0.15) is 0 Å². The zero-order valence-electron chi connectivity index (χ0n) is 9.63. The number of rotatable bonds is 6. The number of aliphatic carboxylic acids is 1. The van der Waals surface area contributed by atoms with Crippen LogP contribution in [0.4, 0.5) is 0 Å². The predicted octanol–water partition coefficient (Wildman–Crippen LogP) is 1.38. The van der Waals surface area contributed by atoms with Crippen molar-refractivity contribution >= 4 is 31.9 Å². The summed E-state index contributed by atoms with van der Waals surface area (Å²) in [4.78, 5) is 14.2. The lowest BCUT2D eigenvalue weighted by molar-refractivity contribution is -0.137. The van der Waals surface area contributed by atoms with Crippen LogP contribution in [0.1, 0.15) is 19.8 Å². The third-order valence-electron chi connectivity index (χ3n) is 2.14. The summed E-state index contributed by atoms with van der Waals surface area (Å²) < 4.78 is 26.8. The molecule has 0 amide bonds. The first kappa shape index (κ1) is 15.1. The number of nitrogens with zero attached hydrogens (tertiary/aromatic N) is 1. The van der Waals surface area contributed by atoms with Gasteiger partial charge in [-0.1, -0.05) is 0 Å². The molecule has 0 aromatic carbocycles. The van der Waals surface area contributed by atoms with Crippen LogP contribution in [0.2, 0.25) is 0 Å². The van der Waals surface area contributed by atoms with E-state index in [-0.39, 0.29) is 17.7 Å². The van der Waals surface area contributed by atoms with Crippen molar-refractivity contribution in [3.63, 3.8) is 0 Å². The highest BCUT2D eigenvalue weighted by molar-refractivity contribution is 9.10. The molecule has 0 spiro atoms. The molecule has 1 aromatic rings. The second-order valence-electron chi connectivity index (χ2n) is 3.79. The van der Waals surface area contributed by atoms with Crippen molar-refractivity contribution in [1.29, 1.82) is 0 Å². The van der Waals surface area contributed by atoms with Gasteiger partial charge in [0.2, 0.25) is 10.0 Å². The van der Waals surface area contributed by atoms with Gasteiger partial charge in [0.1, 0.15) is 4.90 Å². The molecule has 1 aromatic heterocycles. The molecule has 8 heteroatoms. The third kappa shape index (κ3) is 4.71. The lowest BCUT2D eigenvalue weighted by Crippen LogP contribution is -2.33. The minimum Gasteiger partial charge on any atom is -0.481 e. The summed E-state index contributed by atoms with van der Waals surface area (Å²) in [5.74, 6) is -0.954. The van der Waals surface area contributed by atoms with Gasteiger partial charge in [-0.25, -0.2) is 13.1 Å². The Morgan fingerprint density at radius 2 is 2.22 bits per heavy atom. The molecule has 1 atom stereocenters. The second kappa shape index (κ2) is 6.26. The molecular formula is C10H13BrN2O4S. The maximum absolute atomic E-state index is 11.9. The lowest BCUT2D eigenvalue weighted by Gasteiger charge is -2.13. The van der Waals surface area contributed by atoms with Crippen LogP contribution < -0.4 is 4.72 Å². The highest BCUT2D eigenvalue weighted by Crippen LogP contribution is 2.14. The molecule has 0 radical (unpaired) electrons. The van der Waals surface area contributed by atoms with E-state index in [0.717, 1.165) is 0 Å². The summed E-state index contributed by atoms with van der Waals surface area (Å²) >= 11 is 3.14. The zero-order chi connectivity index (χ0) is 13.8. The van der Waals surface area contributed by atoms with Crippen molar-refractivity contribution in [1.82, 2.24) is 9.71 Å². The number of halogens is 1. The highest BCUT2D eigenvalue weighted by atomic mass is 79.9. The van der Waals surface area contributed by atoms with Crippen LogP contribution in [0.25, 0.3) is 0 Å². The predicted molar refractivity (Wildman–Crippen MR) is 68.6 cm³/mol. The first-order valence-corrected chi connectivity index (χ1v) is 7.43. The number of carboxylic acid groups (broad SMARTS) is 1. The zero-order valence-corrected chi connectivity index (χ0v) is 12.0. The van der Waals surface area contributed by atoms with E-state index in [1.807, 2.05) is 0 Å². The monoisotopic (exact) mass is 336 g/mol. The van der Waals surface area contributed by atoms with E-state index in [9.17, 15) is 13.2 Å². The quantitative estimate of drug-likeness (QED) is 0.817. The van der Waals surface area contributed by atoms with E-state index >= 15 is 0 Å². The number of carboxylic acids is 1. The van der Waals surface area contributed by atoms with Crippen molar-refractivity contribution in [2.45, 2.75) is 30.7 Å². The fraction of sp³-hybridized carbons (Fsp3) is 0.400. The SMILES string of the molecule is CC(CCC(=O)O)NS(=O)(=O)c1cncc(Br)c1. The topological polar surface area (TPSA) is 96.4 Å². The van der Waals surface area contributed by atoms with Crippen molar-refractivity contribution in [3.05, 3.63) is 22.9 Å². The minimum atomic E-state index is -3.67. The Morgan fingerprint density at radius 1 is 1.56 bits per heavy atom. The summed E-state index contributed by atoms with van der Waals surface area (Å²) in [6.45, 7) is 1.62. The number of sulfonamides is 1. The smallest absolute Gasteiger partial charge is 0.303 e. The van der Waals surface area contributed by atoms with E-state index in [1.165, 1.54) is 18.5 Å². The maximum atomic E-state index is 11.9. The Labute approximate surface area is 114 Å². The van der Waals surface area contributed by atoms with E-state index in [0.29, 0.717) is 4.47 Å². The van der Waals surface area contributed by atoms with Crippen molar-refractivity contribution in [2.75, 3.05) is 0 Å². The van der Waals surface area contributed by atoms with E-state index in [4.69, 9.17) is 5.11 Å². The van der Waals surface area contributed by atoms with Gasteiger partial charge in [0, 0.05) is 29.3 Å². The number of hydrogen-bond acceptors (Lipinski definition) is 4. The van der Waals surface area contributed by atoms with E-state index in [1.54, 1.807) is 6.92 Å². The van der Waals surface area contributed by atoms with Crippen LogP contribution in [0.15, 0.2) is 27.8 Å². The largest absolute Gasteiger partial charge is 0.481 e. The third-order valence-corrected chi connectivity index (χ3v) is 4.13. The molecule has 2 N–H and O–H groups in total. The Balaban J connectivity index is 2.73. The van der Waals surface area contributed by atoms with Crippen LogP contribution >= 0.6 is 15.9 Å². The van der Waals surface area contributed by atoms with Gasteiger partial charge in [-0.05, 0) is 35.3 Å². The molecule has 6 nitrogen and oxygen atoms in total. The summed E-state index contributed by atoms with van der Waals surface area (Å²) in [5, 5.41) is 8.52. The average Bonchev–Trinajstić information content (AvgIpc) is 2.26. The fourth-order valence-electron chi connectivity index (χ4n) is 1.27. The molecule has 0 saturated heterocycles. The van der Waals surface area contributed by atoms with Crippen LogP contribution in [0.3, 0.4) is 0 Å². The number of hydrogen-bond donors (Lipinski definition) is 2. The normalized spacial score (nSPS) is 13.2. The number of nitrogens with one attached hydrogen (secondary N) is 1. The van der Waals surface area contributed by atoms with E-state index in [2.05, 4.69) is 25.6 Å². The fourth-order valence-corrected chi connectivity index (χ4v) is 3.05. The molecule has 0 saturated carbocycles. The van der Waals surface area contributed by atoms with Crippen molar-refractivity contribution in [2.24, 2.45) is 0 Å². The van der Waals surface area contributed by atoms with Crippen molar-refractivity contribution in [3.8, 4) is 0 Å². The van der Waals surface area contributed by atoms with Gasteiger partial charge in [-0.3, -0.25) is 9.78 Å². The average molecular weight is 337 g/mol. The van der Waals surface area contributed by atoms with Gasteiger partial charge in [0.25, 0.3) is 0 Å². The van der Waals surface area contributed by atoms with Crippen molar-refractivity contribution < 1.29 is 18.3 Å².